The number of halogens is 1. The highest BCUT2D eigenvalue weighted by Crippen LogP contribution is 2.24. The Morgan fingerprint density at radius 1 is 1.60 bits per heavy atom. The zero-order valence-electron chi connectivity index (χ0n) is 8.69. The first-order chi connectivity index (χ1) is 7.33. The topological polar surface area (TPSA) is 38.2 Å². The van der Waals surface area contributed by atoms with E-state index >= 15 is 0 Å². The average molecular weight is 228 g/mol. The van der Waals surface area contributed by atoms with Crippen LogP contribution < -0.4 is 9.64 Å². The van der Waals surface area contributed by atoms with Crippen LogP contribution in [0, 0.1) is 5.92 Å². The molecular weight excluding hydrogens is 214 g/mol. The zero-order valence-corrected chi connectivity index (χ0v) is 9.44. The molecule has 2 rings (SSSR count). The SMILES string of the molecule is COc1cc(N2CCC(CCl)C2)ncn1. The van der Waals surface area contributed by atoms with Crippen LogP contribution in [0.15, 0.2) is 12.4 Å². The van der Waals surface area contributed by atoms with Gasteiger partial charge in [0, 0.05) is 25.0 Å². The first-order valence-corrected chi connectivity index (χ1v) is 5.54. The minimum atomic E-state index is 0.577. The fourth-order valence-corrected chi connectivity index (χ4v) is 2.03. The summed E-state index contributed by atoms with van der Waals surface area (Å²) in [5.41, 5.74) is 0. The Kier molecular flexibility index (Phi) is 3.26. The maximum atomic E-state index is 5.84. The van der Waals surface area contributed by atoms with Gasteiger partial charge in [-0.2, -0.15) is 0 Å². The van der Waals surface area contributed by atoms with E-state index in [1.54, 1.807) is 7.11 Å². The van der Waals surface area contributed by atoms with Crippen molar-refractivity contribution in [2.24, 2.45) is 5.92 Å². The summed E-state index contributed by atoms with van der Waals surface area (Å²) in [7, 11) is 1.61. The lowest BCUT2D eigenvalue weighted by Gasteiger charge is -2.16. The van der Waals surface area contributed by atoms with Gasteiger partial charge < -0.3 is 9.64 Å². The molecular formula is C10H14ClN3O. The fourth-order valence-electron chi connectivity index (χ4n) is 1.78. The first-order valence-electron chi connectivity index (χ1n) is 5.00. The number of hydrogen-bond donors (Lipinski definition) is 0. The number of nitrogens with zero attached hydrogens (tertiary/aromatic N) is 3. The second kappa shape index (κ2) is 4.66. The van der Waals surface area contributed by atoms with Crippen LogP contribution in [0.2, 0.25) is 0 Å². The third kappa shape index (κ3) is 2.31. The second-order valence-electron chi connectivity index (χ2n) is 3.67. The number of methoxy groups -OCH3 is 1. The van der Waals surface area contributed by atoms with Crippen molar-refractivity contribution in [2.45, 2.75) is 6.42 Å². The van der Waals surface area contributed by atoms with Gasteiger partial charge in [0.15, 0.2) is 0 Å². The Labute approximate surface area is 94.2 Å². The summed E-state index contributed by atoms with van der Waals surface area (Å²) < 4.78 is 5.06. The fraction of sp³-hybridized carbons (Fsp3) is 0.600. The predicted molar refractivity (Wildman–Crippen MR) is 59.6 cm³/mol. The molecule has 0 N–H and O–H groups in total. The van der Waals surface area contributed by atoms with Gasteiger partial charge in [-0.05, 0) is 12.3 Å². The van der Waals surface area contributed by atoms with Gasteiger partial charge in [0.2, 0.25) is 5.88 Å². The third-order valence-electron chi connectivity index (χ3n) is 2.66. The highest BCUT2D eigenvalue weighted by molar-refractivity contribution is 6.18. The van der Waals surface area contributed by atoms with E-state index in [4.69, 9.17) is 16.3 Å². The highest BCUT2D eigenvalue weighted by Gasteiger charge is 2.22. The molecule has 1 saturated heterocycles. The van der Waals surface area contributed by atoms with Crippen molar-refractivity contribution in [3.05, 3.63) is 12.4 Å². The summed E-state index contributed by atoms with van der Waals surface area (Å²) in [4.78, 5) is 10.4. The number of rotatable bonds is 3. The van der Waals surface area contributed by atoms with Crippen LogP contribution in [0.25, 0.3) is 0 Å². The standard InChI is InChI=1S/C10H14ClN3O/c1-15-10-4-9(12-7-13-10)14-3-2-8(5-11)6-14/h4,7-8H,2-3,5-6H2,1H3. The van der Waals surface area contributed by atoms with Crippen molar-refractivity contribution < 1.29 is 4.74 Å². The highest BCUT2D eigenvalue weighted by atomic mass is 35.5. The summed E-state index contributed by atoms with van der Waals surface area (Å²) in [5, 5.41) is 0. The van der Waals surface area contributed by atoms with Crippen LogP contribution in [0.1, 0.15) is 6.42 Å². The molecule has 1 aliphatic heterocycles. The predicted octanol–water partition coefficient (Wildman–Crippen LogP) is 1.55. The van der Waals surface area contributed by atoms with Gasteiger partial charge in [-0.25, -0.2) is 9.97 Å². The van der Waals surface area contributed by atoms with Crippen LogP contribution in [-0.2, 0) is 0 Å². The van der Waals surface area contributed by atoms with E-state index in [1.807, 2.05) is 6.07 Å². The van der Waals surface area contributed by atoms with Crippen molar-refractivity contribution in [1.82, 2.24) is 9.97 Å². The van der Waals surface area contributed by atoms with Gasteiger partial charge in [-0.15, -0.1) is 11.6 Å². The van der Waals surface area contributed by atoms with Crippen molar-refractivity contribution in [3.8, 4) is 5.88 Å². The Hall–Kier alpha value is -1.03. The quantitative estimate of drug-likeness (QED) is 0.735. The second-order valence-corrected chi connectivity index (χ2v) is 3.98. The van der Waals surface area contributed by atoms with Gasteiger partial charge in [0.1, 0.15) is 12.1 Å². The van der Waals surface area contributed by atoms with Gasteiger partial charge in [0.05, 0.1) is 7.11 Å². The normalized spacial score (nSPS) is 20.7. The Bertz CT molecular complexity index is 334. The maximum Gasteiger partial charge on any atom is 0.218 e. The molecule has 1 atom stereocenters. The molecule has 82 valence electrons. The molecule has 0 aliphatic carbocycles. The van der Waals surface area contributed by atoms with Crippen LogP contribution in [0.3, 0.4) is 0 Å². The molecule has 0 spiro atoms. The van der Waals surface area contributed by atoms with Crippen molar-refractivity contribution >= 4 is 17.4 Å². The Morgan fingerprint density at radius 3 is 3.13 bits per heavy atom. The van der Waals surface area contributed by atoms with Crippen LogP contribution in [-0.4, -0.2) is 36.0 Å². The lowest BCUT2D eigenvalue weighted by atomic mass is 10.2. The third-order valence-corrected chi connectivity index (χ3v) is 3.10. The van der Waals surface area contributed by atoms with Crippen LogP contribution in [0.4, 0.5) is 5.82 Å². The maximum absolute atomic E-state index is 5.84. The smallest absolute Gasteiger partial charge is 0.218 e. The van der Waals surface area contributed by atoms with Gasteiger partial charge >= 0.3 is 0 Å². The molecule has 2 heterocycles. The molecule has 0 amide bonds. The van der Waals surface area contributed by atoms with E-state index in [-0.39, 0.29) is 0 Å². The largest absolute Gasteiger partial charge is 0.481 e. The van der Waals surface area contributed by atoms with E-state index in [0.29, 0.717) is 11.8 Å². The molecule has 1 unspecified atom stereocenters. The molecule has 15 heavy (non-hydrogen) atoms. The van der Waals surface area contributed by atoms with Gasteiger partial charge in [-0.1, -0.05) is 0 Å². The zero-order chi connectivity index (χ0) is 10.7. The van der Waals surface area contributed by atoms with E-state index in [0.717, 1.165) is 31.2 Å². The summed E-state index contributed by atoms with van der Waals surface area (Å²) in [6, 6.07) is 1.86. The number of anilines is 1. The summed E-state index contributed by atoms with van der Waals surface area (Å²) in [6.45, 7) is 1.99. The number of ether oxygens (including phenoxy) is 1. The Balaban J connectivity index is 2.09. The molecule has 0 radical (unpaired) electrons. The molecule has 1 aliphatic rings. The van der Waals surface area contributed by atoms with E-state index in [2.05, 4.69) is 14.9 Å². The average Bonchev–Trinajstić information content (AvgIpc) is 2.78. The molecule has 0 bridgehead atoms. The van der Waals surface area contributed by atoms with E-state index < -0.39 is 0 Å². The number of hydrogen-bond acceptors (Lipinski definition) is 4. The lowest BCUT2D eigenvalue weighted by molar-refractivity contribution is 0.397. The molecule has 4 nitrogen and oxygen atoms in total. The molecule has 1 aromatic rings. The first kappa shape index (κ1) is 10.5. The molecule has 1 aromatic heterocycles. The minimum Gasteiger partial charge on any atom is -0.481 e. The number of alkyl halides is 1. The molecule has 1 fully saturated rings. The van der Waals surface area contributed by atoms with Crippen molar-refractivity contribution in [1.29, 1.82) is 0 Å². The number of aromatic nitrogens is 2. The van der Waals surface area contributed by atoms with Crippen molar-refractivity contribution in [3.63, 3.8) is 0 Å². The summed E-state index contributed by atoms with van der Waals surface area (Å²) in [5.74, 6) is 2.83. The summed E-state index contributed by atoms with van der Waals surface area (Å²) in [6.07, 6.45) is 2.66. The molecule has 0 aromatic carbocycles. The minimum absolute atomic E-state index is 0.577. The van der Waals surface area contributed by atoms with Gasteiger partial charge in [-0.3, -0.25) is 0 Å². The van der Waals surface area contributed by atoms with E-state index in [9.17, 15) is 0 Å². The van der Waals surface area contributed by atoms with Crippen LogP contribution in [0.5, 0.6) is 5.88 Å². The Morgan fingerprint density at radius 2 is 2.47 bits per heavy atom. The molecule has 5 heteroatoms. The summed E-state index contributed by atoms with van der Waals surface area (Å²) >= 11 is 5.84. The monoisotopic (exact) mass is 227 g/mol. The van der Waals surface area contributed by atoms with Gasteiger partial charge in [0.25, 0.3) is 0 Å². The van der Waals surface area contributed by atoms with E-state index in [1.165, 1.54) is 6.33 Å². The molecule has 0 saturated carbocycles. The van der Waals surface area contributed by atoms with Crippen molar-refractivity contribution in [2.75, 3.05) is 31.0 Å². The lowest BCUT2D eigenvalue weighted by Crippen LogP contribution is -2.21. The van der Waals surface area contributed by atoms with Crippen LogP contribution >= 0.6 is 11.6 Å².